The fourth-order valence-electron chi connectivity index (χ4n) is 1.27. The molecule has 0 saturated heterocycles. The number of nitrogen functional groups attached to an aromatic ring is 1. The molecular formula is C10H15NO2. The van der Waals surface area contributed by atoms with Gasteiger partial charge < -0.3 is 15.6 Å². The maximum absolute atomic E-state index is 8.98. The summed E-state index contributed by atoms with van der Waals surface area (Å²) in [5.74, 6) is 0.716. The molecule has 0 aliphatic rings. The summed E-state index contributed by atoms with van der Waals surface area (Å²) in [6, 6.07) is 5.58. The third kappa shape index (κ3) is 1.92. The zero-order valence-electron chi connectivity index (χ0n) is 7.95. The Labute approximate surface area is 78.1 Å². The highest BCUT2D eigenvalue weighted by Crippen LogP contribution is 2.29. The molecule has 72 valence electrons. The van der Waals surface area contributed by atoms with Crippen LogP contribution in [0.4, 0.5) is 5.69 Å². The molecule has 1 atom stereocenters. The van der Waals surface area contributed by atoms with Gasteiger partial charge in [0.25, 0.3) is 0 Å². The lowest BCUT2D eigenvalue weighted by atomic mass is 10.00. The Morgan fingerprint density at radius 2 is 2.23 bits per heavy atom. The minimum Gasteiger partial charge on any atom is -0.495 e. The van der Waals surface area contributed by atoms with Crippen molar-refractivity contribution in [3.8, 4) is 5.75 Å². The summed E-state index contributed by atoms with van der Waals surface area (Å²) >= 11 is 0. The number of hydrogen-bond acceptors (Lipinski definition) is 3. The number of hydrogen-bond donors (Lipinski definition) is 2. The van der Waals surface area contributed by atoms with Crippen LogP contribution in [-0.2, 0) is 0 Å². The molecular weight excluding hydrogens is 166 g/mol. The number of benzene rings is 1. The summed E-state index contributed by atoms with van der Waals surface area (Å²) in [5.41, 5.74) is 7.38. The van der Waals surface area contributed by atoms with E-state index < -0.39 is 0 Å². The number of aliphatic hydroxyl groups is 1. The minimum absolute atomic E-state index is 0.0510. The second-order valence-corrected chi connectivity index (χ2v) is 3.05. The highest BCUT2D eigenvalue weighted by molar-refractivity contribution is 5.59. The van der Waals surface area contributed by atoms with Gasteiger partial charge in [0.1, 0.15) is 5.75 Å². The molecule has 1 aromatic carbocycles. The first kappa shape index (κ1) is 9.86. The molecule has 3 N–H and O–H groups in total. The van der Waals surface area contributed by atoms with Gasteiger partial charge in [0.05, 0.1) is 12.8 Å². The molecule has 0 radical (unpaired) electrons. The lowest BCUT2D eigenvalue weighted by Crippen LogP contribution is -2.04. The second kappa shape index (κ2) is 4.14. The highest BCUT2D eigenvalue weighted by atomic mass is 16.5. The average Bonchev–Trinajstić information content (AvgIpc) is 2.17. The van der Waals surface area contributed by atoms with Crippen molar-refractivity contribution in [2.75, 3.05) is 19.5 Å². The van der Waals surface area contributed by atoms with E-state index in [1.54, 1.807) is 7.11 Å². The highest BCUT2D eigenvalue weighted by Gasteiger charge is 2.10. The molecule has 0 saturated carbocycles. The molecule has 3 heteroatoms. The fourth-order valence-corrected chi connectivity index (χ4v) is 1.27. The molecule has 3 nitrogen and oxygen atoms in total. The van der Waals surface area contributed by atoms with Crippen LogP contribution in [0.1, 0.15) is 18.4 Å². The first-order chi connectivity index (χ1) is 6.20. The number of aliphatic hydroxyl groups excluding tert-OH is 1. The van der Waals surface area contributed by atoms with Crippen LogP contribution in [0, 0.1) is 0 Å². The van der Waals surface area contributed by atoms with Crippen LogP contribution in [0.15, 0.2) is 18.2 Å². The van der Waals surface area contributed by atoms with Crippen LogP contribution < -0.4 is 10.5 Å². The SMILES string of the molecule is COc1cccc([C@@H](C)CO)c1N. The van der Waals surface area contributed by atoms with Crippen LogP contribution in [0.2, 0.25) is 0 Å². The van der Waals surface area contributed by atoms with Gasteiger partial charge >= 0.3 is 0 Å². The van der Waals surface area contributed by atoms with Gasteiger partial charge in [-0.2, -0.15) is 0 Å². The van der Waals surface area contributed by atoms with Crippen molar-refractivity contribution >= 4 is 5.69 Å². The Morgan fingerprint density at radius 1 is 1.54 bits per heavy atom. The third-order valence-corrected chi connectivity index (χ3v) is 2.12. The molecule has 1 rings (SSSR count). The Hall–Kier alpha value is -1.22. The predicted octanol–water partition coefficient (Wildman–Crippen LogP) is 1.37. The van der Waals surface area contributed by atoms with Gasteiger partial charge in [0, 0.05) is 12.5 Å². The van der Waals surface area contributed by atoms with Gasteiger partial charge in [0.2, 0.25) is 0 Å². The van der Waals surface area contributed by atoms with Crippen molar-refractivity contribution in [1.29, 1.82) is 0 Å². The first-order valence-electron chi connectivity index (χ1n) is 4.24. The molecule has 0 bridgehead atoms. The van der Waals surface area contributed by atoms with E-state index in [9.17, 15) is 0 Å². The average molecular weight is 181 g/mol. The minimum atomic E-state index is 0.0510. The lowest BCUT2D eigenvalue weighted by Gasteiger charge is -2.13. The number of anilines is 1. The van der Waals surface area contributed by atoms with Crippen molar-refractivity contribution in [3.63, 3.8) is 0 Å². The predicted molar refractivity (Wildman–Crippen MR) is 52.9 cm³/mol. The number of methoxy groups -OCH3 is 1. The third-order valence-electron chi connectivity index (χ3n) is 2.12. The van der Waals surface area contributed by atoms with Gasteiger partial charge in [-0.05, 0) is 11.6 Å². The summed E-state index contributed by atoms with van der Waals surface area (Å²) in [6.45, 7) is 2.02. The maximum Gasteiger partial charge on any atom is 0.142 e. The Bertz CT molecular complexity index is 286. The van der Waals surface area contributed by atoms with E-state index in [-0.39, 0.29) is 12.5 Å². The smallest absolute Gasteiger partial charge is 0.142 e. The molecule has 0 unspecified atom stereocenters. The maximum atomic E-state index is 8.98. The van der Waals surface area contributed by atoms with E-state index in [0.29, 0.717) is 11.4 Å². The largest absolute Gasteiger partial charge is 0.495 e. The first-order valence-corrected chi connectivity index (χ1v) is 4.24. The van der Waals surface area contributed by atoms with E-state index >= 15 is 0 Å². The molecule has 0 amide bonds. The number of nitrogens with two attached hydrogens (primary N) is 1. The van der Waals surface area contributed by atoms with Gasteiger partial charge in [-0.1, -0.05) is 19.1 Å². The van der Waals surface area contributed by atoms with E-state index in [4.69, 9.17) is 15.6 Å². The summed E-state index contributed by atoms with van der Waals surface area (Å²) in [4.78, 5) is 0. The molecule has 0 spiro atoms. The van der Waals surface area contributed by atoms with Crippen LogP contribution in [0.5, 0.6) is 5.75 Å². The Balaban J connectivity index is 3.08. The van der Waals surface area contributed by atoms with Crippen molar-refractivity contribution in [3.05, 3.63) is 23.8 Å². The second-order valence-electron chi connectivity index (χ2n) is 3.05. The zero-order chi connectivity index (χ0) is 9.84. The van der Waals surface area contributed by atoms with Crippen molar-refractivity contribution in [1.82, 2.24) is 0 Å². The van der Waals surface area contributed by atoms with E-state index in [1.165, 1.54) is 0 Å². The van der Waals surface area contributed by atoms with Gasteiger partial charge in [-0.3, -0.25) is 0 Å². The summed E-state index contributed by atoms with van der Waals surface area (Å²) < 4.78 is 5.07. The van der Waals surface area contributed by atoms with Crippen LogP contribution in [0.25, 0.3) is 0 Å². The summed E-state index contributed by atoms with van der Waals surface area (Å²) in [6.07, 6.45) is 0. The molecule has 1 aromatic rings. The molecule has 0 aliphatic heterocycles. The monoisotopic (exact) mass is 181 g/mol. The molecule has 13 heavy (non-hydrogen) atoms. The molecule has 0 aromatic heterocycles. The van der Waals surface area contributed by atoms with Crippen molar-refractivity contribution in [2.45, 2.75) is 12.8 Å². The van der Waals surface area contributed by atoms with E-state index in [2.05, 4.69) is 0 Å². The van der Waals surface area contributed by atoms with Crippen molar-refractivity contribution < 1.29 is 9.84 Å². The number of ether oxygens (including phenoxy) is 1. The molecule has 0 fully saturated rings. The van der Waals surface area contributed by atoms with Gasteiger partial charge in [-0.25, -0.2) is 0 Å². The molecule has 0 aliphatic carbocycles. The quantitative estimate of drug-likeness (QED) is 0.692. The zero-order valence-corrected chi connectivity index (χ0v) is 7.95. The normalized spacial score (nSPS) is 12.5. The van der Waals surface area contributed by atoms with Crippen LogP contribution in [-0.4, -0.2) is 18.8 Å². The van der Waals surface area contributed by atoms with Crippen molar-refractivity contribution in [2.24, 2.45) is 0 Å². The Morgan fingerprint density at radius 3 is 2.77 bits per heavy atom. The lowest BCUT2D eigenvalue weighted by molar-refractivity contribution is 0.273. The molecule has 0 heterocycles. The fraction of sp³-hybridized carbons (Fsp3) is 0.400. The van der Waals surface area contributed by atoms with Crippen LogP contribution in [0.3, 0.4) is 0 Å². The van der Waals surface area contributed by atoms with Crippen LogP contribution >= 0.6 is 0 Å². The summed E-state index contributed by atoms with van der Waals surface area (Å²) in [5, 5.41) is 8.98. The summed E-state index contributed by atoms with van der Waals surface area (Å²) in [7, 11) is 1.58. The topological polar surface area (TPSA) is 55.5 Å². The van der Waals surface area contributed by atoms with Gasteiger partial charge in [-0.15, -0.1) is 0 Å². The standard InChI is InChI=1S/C10H15NO2/c1-7(6-12)8-4-3-5-9(13-2)10(8)11/h3-5,7,12H,6,11H2,1-2H3/t7-/m0/s1. The Kier molecular flexibility index (Phi) is 3.14. The van der Waals surface area contributed by atoms with Gasteiger partial charge in [0.15, 0.2) is 0 Å². The van der Waals surface area contributed by atoms with E-state index in [1.807, 2.05) is 25.1 Å². The number of rotatable bonds is 3. The van der Waals surface area contributed by atoms with E-state index in [0.717, 1.165) is 5.56 Å². The number of para-hydroxylation sites is 1.